The highest BCUT2D eigenvalue weighted by molar-refractivity contribution is 7.89. The van der Waals surface area contributed by atoms with Crippen LogP contribution in [-0.4, -0.2) is 24.3 Å². The number of nitrogens with zero attached hydrogens (tertiary/aromatic N) is 2. The van der Waals surface area contributed by atoms with Crippen LogP contribution in [0, 0.1) is 0 Å². The molecule has 0 amide bonds. The third-order valence-corrected chi connectivity index (χ3v) is 6.37. The third kappa shape index (κ3) is 2.44. The van der Waals surface area contributed by atoms with Crippen molar-refractivity contribution in [2.24, 2.45) is 0 Å². The van der Waals surface area contributed by atoms with Gasteiger partial charge in [0, 0.05) is 12.7 Å². The van der Waals surface area contributed by atoms with Gasteiger partial charge in [-0.25, -0.2) is 8.42 Å². The van der Waals surface area contributed by atoms with Gasteiger partial charge in [0.05, 0.1) is 17.1 Å². The first-order chi connectivity index (χ1) is 10.6. The minimum absolute atomic E-state index is 0.364. The molecule has 1 saturated carbocycles. The Bertz CT molecular complexity index is 796. The summed E-state index contributed by atoms with van der Waals surface area (Å²) in [6.07, 6.45) is 4.89. The van der Waals surface area contributed by atoms with Crippen LogP contribution in [-0.2, 0) is 23.0 Å². The maximum Gasteiger partial charge on any atom is 0.243 e. The van der Waals surface area contributed by atoms with Crippen molar-refractivity contribution in [3.05, 3.63) is 59.4 Å². The van der Waals surface area contributed by atoms with Crippen molar-refractivity contribution in [1.29, 1.82) is 0 Å². The Labute approximate surface area is 130 Å². The quantitative estimate of drug-likeness (QED) is 0.875. The summed E-state index contributed by atoms with van der Waals surface area (Å²) in [6, 6.07) is 11.3. The maximum absolute atomic E-state index is 12.8. The molecule has 1 aromatic carbocycles. The molecule has 0 radical (unpaired) electrons. The number of benzene rings is 1. The fraction of sp³-hybridized carbons (Fsp3) is 0.353. The van der Waals surface area contributed by atoms with Gasteiger partial charge in [-0.1, -0.05) is 18.2 Å². The van der Waals surface area contributed by atoms with Gasteiger partial charge in [-0.3, -0.25) is 4.98 Å². The Kier molecular flexibility index (Phi) is 3.27. The lowest BCUT2D eigenvalue weighted by atomic mass is 10.1. The summed E-state index contributed by atoms with van der Waals surface area (Å²) in [5.41, 5.74) is 3.27. The van der Waals surface area contributed by atoms with Crippen molar-refractivity contribution in [3.63, 3.8) is 0 Å². The second-order valence-corrected chi connectivity index (χ2v) is 7.98. The Balaban J connectivity index is 1.61. The van der Waals surface area contributed by atoms with E-state index in [1.165, 1.54) is 22.7 Å². The van der Waals surface area contributed by atoms with Crippen LogP contribution in [0.2, 0.25) is 0 Å². The molecule has 2 heterocycles. The molecular weight excluding hydrogens is 296 g/mol. The third-order valence-electron chi connectivity index (χ3n) is 4.51. The van der Waals surface area contributed by atoms with Gasteiger partial charge in [-0.15, -0.1) is 0 Å². The smallest absolute Gasteiger partial charge is 0.243 e. The number of aromatic nitrogens is 1. The lowest BCUT2D eigenvalue weighted by molar-refractivity contribution is 0.385. The lowest BCUT2D eigenvalue weighted by Gasteiger charge is -2.27. The van der Waals surface area contributed by atoms with E-state index in [0.29, 0.717) is 23.9 Å². The van der Waals surface area contributed by atoms with E-state index in [-0.39, 0.29) is 0 Å². The minimum Gasteiger partial charge on any atom is -0.260 e. The summed E-state index contributed by atoms with van der Waals surface area (Å²) in [5, 5.41) is 0. The van der Waals surface area contributed by atoms with Gasteiger partial charge in [-0.2, -0.15) is 4.31 Å². The summed E-state index contributed by atoms with van der Waals surface area (Å²) in [6.45, 7) is 0.883. The van der Waals surface area contributed by atoms with Crippen LogP contribution in [0.25, 0.3) is 0 Å². The highest BCUT2D eigenvalue weighted by atomic mass is 32.2. The summed E-state index contributed by atoms with van der Waals surface area (Å²) in [4.78, 5) is 4.70. The normalized spacial score (nSPS) is 18.9. The van der Waals surface area contributed by atoms with Crippen LogP contribution in [0.15, 0.2) is 47.5 Å². The van der Waals surface area contributed by atoms with E-state index in [1.807, 2.05) is 24.3 Å². The fourth-order valence-corrected chi connectivity index (χ4v) is 4.42. The minimum atomic E-state index is -3.43. The Morgan fingerprint density at radius 1 is 1.09 bits per heavy atom. The molecular formula is C17H18N2O2S. The van der Waals surface area contributed by atoms with E-state index in [1.54, 1.807) is 18.3 Å². The molecule has 1 aromatic heterocycles. The highest BCUT2D eigenvalue weighted by Gasteiger charge is 2.29. The Morgan fingerprint density at radius 3 is 2.59 bits per heavy atom. The maximum atomic E-state index is 12.8. The summed E-state index contributed by atoms with van der Waals surface area (Å²) in [7, 11) is -3.43. The lowest BCUT2D eigenvalue weighted by Crippen LogP contribution is -2.36. The van der Waals surface area contributed by atoms with Gasteiger partial charge in [0.15, 0.2) is 0 Å². The molecule has 0 spiro atoms. The molecule has 0 N–H and O–H groups in total. The van der Waals surface area contributed by atoms with E-state index in [2.05, 4.69) is 4.98 Å². The Morgan fingerprint density at radius 2 is 1.86 bits per heavy atom. The van der Waals surface area contributed by atoms with Crippen LogP contribution >= 0.6 is 0 Å². The zero-order valence-electron chi connectivity index (χ0n) is 12.3. The monoisotopic (exact) mass is 314 g/mol. The molecule has 2 aromatic rings. The molecule has 1 fully saturated rings. The highest BCUT2D eigenvalue weighted by Crippen LogP contribution is 2.40. The molecule has 1 aliphatic heterocycles. The summed E-state index contributed by atoms with van der Waals surface area (Å²) in [5.74, 6) is 0.641. The topological polar surface area (TPSA) is 50.3 Å². The number of sulfonamides is 1. The largest absolute Gasteiger partial charge is 0.260 e. The molecule has 22 heavy (non-hydrogen) atoms. The second kappa shape index (κ2) is 5.18. The SMILES string of the molecule is O=S(=O)(c1ccc(C2CC2)cc1)N1CCc2cccnc2C1. The van der Waals surface area contributed by atoms with Crippen molar-refractivity contribution in [1.82, 2.24) is 9.29 Å². The van der Waals surface area contributed by atoms with Crippen molar-refractivity contribution in [2.75, 3.05) is 6.54 Å². The van der Waals surface area contributed by atoms with Gasteiger partial charge in [0.2, 0.25) is 10.0 Å². The number of hydrogen-bond donors (Lipinski definition) is 0. The van der Waals surface area contributed by atoms with Crippen LogP contribution in [0.3, 0.4) is 0 Å². The molecule has 4 rings (SSSR count). The number of rotatable bonds is 3. The van der Waals surface area contributed by atoms with Crippen molar-refractivity contribution in [2.45, 2.75) is 36.6 Å². The average molecular weight is 314 g/mol. The molecule has 0 atom stereocenters. The molecule has 5 heteroatoms. The first kappa shape index (κ1) is 13.9. The van der Waals surface area contributed by atoms with Crippen molar-refractivity contribution in [3.8, 4) is 0 Å². The van der Waals surface area contributed by atoms with Crippen molar-refractivity contribution >= 4 is 10.0 Å². The zero-order valence-corrected chi connectivity index (χ0v) is 13.1. The average Bonchev–Trinajstić information content (AvgIpc) is 3.39. The van der Waals surface area contributed by atoms with Gasteiger partial charge >= 0.3 is 0 Å². The van der Waals surface area contributed by atoms with E-state index in [4.69, 9.17) is 0 Å². The molecule has 114 valence electrons. The second-order valence-electron chi connectivity index (χ2n) is 6.04. The van der Waals surface area contributed by atoms with Crippen LogP contribution in [0.5, 0.6) is 0 Å². The molecule has 1 aliphatic carbocycles. The van der Waals surface area contributed by atoms with Gasteiger partial charge in [0.1, 0.15) is 0 Å². The fourth-order valence-electron chi connectivity index (χ4n) is 3.02. The molecule has 2 aliphatic rings. The van der Waals surface area contributed by atoms with Gasteiger partial charge < -0.3 is 0 Å². The first-order valence-electron chi connectivity index (χ1n) is 7.67. The van der Waals surface area contributed by atoms with Gasteiger partial charge in [-0.05, 0) is 54.5 Å². The standard InChI is InChI=1S/C17H18N2O2S/c20-22(21,16-7-5-14(6-8-16)13-3-4-13)19-11-9-15-2-1-10-18-17(15)12-19/h1-2,5-8,10,13H,3-4,9,11-12H2. The number of fused-ring (bicyclic) bond motifs is 1. The van der Waals surface area contributed by atoms with E-state index < -0.39 is 10.0 Å². The molecule has 0 saturated heterocycles. The number of pyridine rings is 1. The molecule has 0 unspecified atom stereocenters. The predicted molar refractivity (Wildman–Crippen MR) is 84.0 cm³/mol. The Hall–Kier alpha value is -1.72. The van der Waals surface area contributed by atoms with E-state index >= 15 is 0 Å². The molecule has 4 nitrogen and oxygen atoms in total. The number of hydrogen-bond acceptors (Lipinski definition) is 3. The summed E-state index contributed by atoms with van der Waals surface area (Å²) >= 11 is 0. The van der Waals surface area contributed by atoms with Crippen LogP contribution < -0.4 is 0 Å². The van der Waals surface area contributed by atoms with Crippen LogP contribution in [0.1, 0.15) is 35.6 Å². The zero-order chi connectivity index (χ0) is 15.2. The predicted octanol–water partition coefficient (Wildman–Crippen LogP) is 2.71. The van der Waals surface area contributed by atoms with E-state index in [9.17, 15) is 8.42 Å². The summed E-state index contributed by atoms with van der Waals surface area (Å²) < 4.78 is 27.1. The van der Waals surface area contributed by atoms with Crippen LogP contribution in [0.4, 0.5) is 0 Å². The van der Waals surface area contributed by atoms with Gasteiger partial charge in [0.25, 0.3) is 0 Å². The van der Waals surface area contributed by atoms with E-state index in [0.717, 1.165) is 17.7 Å². The van der Waals surface area contributed by atoms with Crippen molar-refractivity contribution < 1.29 is 8.42 Å². The molecule has 0 bridgehead atoms. The first-order valence-corrected chi connectivity index (χ1v) is 9.11.